The molecule has 9 nitrogen and oxygen atoms in total. The van der Waals surface area contributed by atoms with Gasteiger partial charge in [0.25, 0.3) is 0 Å². The highest BCUT2D eigenvalue weighted by Gasteiger charge is 2.48. The van der Waals surface area contributed by atoms with Crippen LogP contribution < -0.4 is 16.0 Å². The van der Waals surface area contributed by atoms with Gasteiger partial charge in [-0.2, -0.15) is 0 Å². The first kappa shape index (κ1) is 45.7. The number of unbranched alkanes of at least 4 members (excludes halogenated alkanes) is 4. The number of nitrogens with one attached hydrogen (secondary N) is 4. The van der Waals surface area contributed by atoms with Crippen LogP contribution in [0, 0.1) is 64.2 Å². The van der Waals surface area contributed by atoms with Crippen molar-refractivity contribution in [3.8, 4) is 0 Å². The second kappa shape index (κ2) is 19.9. The zero-order valence-corrected chi connectivity index (χ0v) is 38.9. The number of fused-ring (bicyclic) bond motifs is 7. The predicted molar refractivity (Wildman–Crippen MR) is 247 cm³/mol. The minimum Gasteiger partial charge on any atom is -0.468 e. The molecule has 0 saturated carbocycles. The van der Waals surface area contributed by atoms with E-state index < -0.39 is 11.9 Å². The third-order valence-electron chi connectivity index (χ3n) is 14.1. The molecule has 9 heteroatoms. The van der Waals surface area contributed by atoms with Crippen LogP contribution in [0.15, 0.2) is 23.0 Å². The van der Waals surface area contributed by atoms with E-state index in [1.54, 1.807) is 0 Å². The number of rotatable bonds is 18. The first-order valence-electron chi connectivity index (χ1n) is 23.1. The third-order valence-corrected chi connectivity index (χ3v) is 14.1. The summed E-state index contributed by atoms with van der Waals surface area (Å²) in [7, 11) is 1.33. The monoisotopic (exact) mass is 833 g/mol. The van der Waals surface area contributed by atoms with Crippen molar-refractivity contribution in [2.24, 2.45) is 29.6 Å². The fourth-order valence-corrected chi connectivity index (χ4v) is 9.65. The maximum atomic E-state index is 14.3. The van der Waals surface area contributed by atoms with Crippen LogP contribution in [0.25, 0.3) is 23.8 Å². The van der Waals surface area contributed by atoms with Crippen molar-refractivity contribution in [2.45, 2.75) is 146 Å². The number of allylic oxidation sites excluding steroid dienone is 3. The number of Topliss-reactive ketones (excluding diaryl/α,β-unsaturated/α-hetero) is 1. The Kier molecular flexibility index (Phi) is 14.9. The number of aromatic amines is 3. The quantitative estimate of drug-likeness (QED) is 0.0437. The van der Waals surface area contributed by atoms with E-state index in [0.29, 0.717) is 23.3 Å². The van der Waals surface area contributed by atoms with Crippen molar-refractivity contribution < 1.29 is 23.9 Å². The summed E-state index contributed by atoms with van der Waals surface area (Å²) in [5.41, 5.74) is 12.8. The second-order valence-electron chi connectivity index (χ2n) is 18.9. The van der Waals surface area contributed by atoms with Gasteiger partial charge < -0.3 is 29.7 Å². The summed E-state index contributed by atoms with van der Waals surface area (Å²) >= 11 is 0. The predicted octanol–water partition coefficient (Wildman–Crippen LogP) is 10.2. The molecular formula is C52H72N4O5. The number of hydrogen-bond donors (Lipinski definition) is 4. The largest absolute Gasteiger partial charge is 0.468 e. The van der Waals surface area contributed by atoms with Crippen molar-refractivity contribution in [3.05, 3.63) is 89.9 Å². The van der Waals surface area contributed by atoms with Crippen molar-refractivity contribution in [1.29, 1.82) is 0 Å². The van der Waals surface area contributed by atoms with Crippen molar-refractivity contribution in [3.63, 3.8) is 0 Å². The molecule has 0 spiro atoms. The molecule has 4 atom stereocenters. The summed E-state index contributed by atoms with van der Waals surface area (Å²) < 4.78 is 11.1. The number of ether oxygens (including phenoxy) is 2. The summed E-state index contributed by atoms with van der Waals surface area (Å²) in [5.74, 6) is -0.977. The van der Waals surface area contributed by atoms with Crippen molar-refractivity contribution in [1.82, 2.24) is 20.3 Å². The Labute approximate surface area is 364 Å². The molecule has 0 aromatic carbocycles. The lowest BCUT2D eigenvalue weighted by molar-refractivity contribution is -0.143. The molecule has 1 aliphatic carbocycles. The fraction of sp³-hybridized carbons (Fsp3) is 0.558. The Morgan fingerprint density at radius 2 is 1.36 bits per heavy atom. The number of esters is 2. The van der Waals surface area contributed by atoms with Gasteiger partial charge in [0.1, 0.15) is 12.5 Å². The topological polar surface area (TPSA) is 129 Å². The lowest BCUT2D eigenvalue weighted by atomic mass is 9.85. The van der Waals surface area contributed by atoms with E-state index in [1.165, 1.54) is 64.0 Å². The number of hydrogen-bond acceptors (Lipinski definition) is 6. The van der Waals surface area contributed by atoms with Gasteiger partial charge in [-0.3, -0.25) is 14.4 Å². The number of methoxy groups -OCH3 is 1. The van der Waals surface area contributed by atoms with Crippen LogP contribution in [0.2, 0.25) is 0 Å². The molecule has 2 aliphatic heterocycles. The summed E-state index contributed by atoms with van der Waals surface area (Å²) in [6.45, 7) is 21.9. The first-order chi connectivity index (χ1) is 29.1. The van der Waals surface area contributed by atoms with Gasteiger partial charge in [-0.1, -0.05) is 84.6 Å². The summed E-state index contributed by atoms with van der Waals surface area (Å²) in [6.07, 6.45) is 21.9. The molecule has 0 unspecified atom stereocenters. The number of carbonyl (C=O) groups excluding carboxylic acids is 3. The average Bonchev–Trinajstić information content (AvgIpc) is 3.95. The van der Waals surface area contributed by atoms with E-state index in [0.717, 1.165) is 91.7 Å². The zero-order valence-electron chi connectivity index (χ0n) is 38.9. The molecule has 61 heavy (non-hydrogen) atoms. The number of H-pyrrole nitrogens is 3. The molecule has 6 rings (SSSR count). The van der Waals surface area contributed by atoms with Gasteiger partial charge in [0.2, 0.25) is 0 Å². The molecule has 0 amide bonds. The van der Waals surface area contributed by atoms with Gasteiger partial charge in [0.05, 0.1) is 12.8 Å². The number of ketones is 1. The third kappa shape index (κ3) is 10.1. The molecular weight excluding hydrogens is 761 g/mol. The van der Waals surface area contributed by atoms with Gasteiger partial charge in [-0.25, -0.2) is 0 Å². The molecule has 330 valence electrons. The van der Waals surface area contributed by atoms with Crippen LogP contribution in [-0.2, 0) is 19.1 Å². The van der Waals surface area contributed by atoms with Crippen LogP contribution in [0.1, 0.15) is 173 Å². The minimum absolute atomic E-state index is 0.0596. The Morgan fingerprint density at radius 1 is 0.754 bits per heavy atom. The van der Waals surface area contributed by atoms with Crippen LogP contribution in [0.5, 0.6) is 0 Å². The Bertz CT molecular complexity index is 2340. The van der Waals surface area contributed by atoms with Crippen molar-refractivity contribution in [2.75, 3.05) is 13.7 Å². The standard InChI is InChI=1S/C52H72N4O5/c1-29(2)18-15-13-12-14-16-19-30(3)20-17-21-31(4)24-25-61-45(57)23-22-38-36(9)43-27-41-34(7)32(5)39(53-41)26-40-33(6)35(8)42(54-40)28-44-37(10)46-50(56-44)47(49(38)55-43)48(51(46)58)52(59)60-11/h24,26-30,36,38,48,53-56H,12-23,25H2,1-11H3/b31-24+,40-26-,42-28-,43-27-,49-47-/t30-,36+,38+,48-/m1/s1. The highest BCUT2D eigenvalue weighted by molar-refractivity contribution is 6.24. The van der Waals surface area contributed by atoms with E-state index in [-0.39, 0.29) is 36.6 Å². The summed E-state index contributed by atoms with van der Waals surface area (Å²) in [6, 6.07) is 0. The lowest BCUT2D eigenvalue weighted by Gasteiger charge is -2.19. The van der Waals surface area contributed by atoms with Crippen LogP contribution in [0.3, 0.4) is 0 Å². The van der Waals surface area contributed by atoms with Gasteiger partial charge in [-0.15, -0.1) is 0 Å². The Hall–Kier alpha value is -4.79. The van der Waals surface area contributed by atoms with Crippen LogP contribution in [-0.4, -0.2) is 46.4 Å². The van der Waals surface area contributed by atoms with E-state index in [9.17, 15) is 14.4 Å². The molecule has 3 aliphatic rings. The highest BCUT2D eigenvalue weighted by Crippen LogP contribution is 2.48. The zero-order chi connectivity index (χ0) is 44.1. The molecule has 3 aromatic rings. The molecule has 5 heterocycles. The van der Waals surface area contributed by atoms with Crippen LogP contribution >= 0.6 is 0 Å². The lowest BCUT2D eigenvalue weighted by Crippen LogP contribution is -2.25. The Morgan fingerprint density at radius 3 is 2.02 bits per heavy atom. The van der Waals surface area contributed by atoms with Gasteiger partial charge >= 0.3 is 11.9 Å². The van der Waals surface area contributed by atoms with Crippen LogP contribution in [0.4, 0.5) is 0 Å². The molecule has 4 N–H and O–H groups in total. The van der Waals surface area contributed by atoms with Gasteiger partial charge in [0.15, 0.2) is 5.78 Å². The van der Waals surface area contributed by atoms with E-state index >= 15 is 0 Å². The van der Waals surface area contributed by atoms with E-state index in [4.69, 9.17) is 9.47 Å². The number of aromatic nitrogens is 3. The smallest absolute Gasteiger partial charge is 0.321 e. The summed E-state index contributed by atoms with van der Waals surface area (Å²) in [5, 5.41) is 5.66. The average molecular weight is 833 g/mol. The highest BCUT2D eigenvalue weighted by atomic mass is 16.5. The van der Waals surface area contributed by atoms with E-state index in [1.807, 2.05) is 13.0 Å². The Balaban J connectivity index is 1.19. The van der Waals surface area contributed by atoms with Crippen molar-refractivity contribution >= 4 is 41.5 Å². The maximum absolute atomic E-state index is 14.3. The minimum atomic E-state index is -1.13. The molecule has 3 aromatic heterocycles. The SMILES string of the molecule is COC(=O)[C@H]1C(=O)c2c3[nH]c(c2C)/C=c2\[nH]/c(c(C)c2C)=C\c2[nH]c(c(C)c2C)/C=C2\N/C(=C\31)[C@@H](CCC(=O)OC/C=C(\C)CCC[C@H](C)CCCCCCCC(C)C)[C@@H]2C. The normalized spacial score (nSPS) is 22.0. The molecule has 1 fully saturated rings. The second-order valence-corrected chi connectivity index (χ2v) is 18.9. The first-order valence-corrected chi connectivity index (χ1v) is 23.1. The fourth-order valence-electron chi connectivity index (χ4n) is 9.65. The van der Waals surface area contributed by atoms with E-state index in [2.05, 4.69) is 101 Å². The molecule has 1 saturated heterocycles. The summed E-state index contributed by atoms with van der Waals surface area (Å²) in [4.78, 5) is 52.1. The van der Waals surface area contributed by atoms with Gasteiger partial charge in [-0.05, 0) is 125 Å². The molecule has 8 bridgehead atoms. The maximum Gasteiger partial charge on any atom is 0.321 e. The van der Waals surface area contributed by atoms with Gasteiger partial charge in [0, 0.05) is 68.6 Å². The molecule has 0 radical (unpaired) electrons. The number of carbonyl (C=O) groups is 3.